The molecule has 21 heavy (non-hydrogen) atoms. The van der Waals surface area contributed by atoms with Crippen LogP contribution in [0.2, 0.25) is 0 Å². The molecule has 0 fully saturated rings. The quantitative estimate of drug-likeness (QED) is 0.919. The normalized spacial score (nSPS) is 9.76. The molecule has 0 aliphatic heterocycles. The van der Waals surface area contributed by atoms with Crippen molar-refractivity contribution in [3.63, 3.8) is 0 Å². The number of halogens is 2. The average Bonchev–Trinajstić information content (AvgIpc) is 2.48. The Hall–Kier alpha value is -2.39. The number of hydrogen-bond donors (Lipinski definition) is 1. The van der Waals surface area contributed by atoms with Crippen molar-refractivity contribution in [3.05, 3.63) is 58.3 Å². The lowest BCUT2D eigenvalue weighted by molar-refractivity contribution is -0.118. The summed E-state index contributed by atoms with van der Waals surface area (Å²) in [5.41, 5.74) is 0.947. The van der Waals surface area contributed by atoms with Crippen LogP contribution in [0.3, 0.4) is 0 Å². The lowest BCUT2D eigenvalue weighted by atomic mass is 10.2. The van der Waals surface area contributed by atoms with Crippen LogP contribution in [0.5, 0.6) is 5.75 Å². The van der Waals surface area contributed by atoms with Gasteiger partial charge in [0.25, 0.3) is 5.91 Å². The summed E-state index contributed by atoms with van der Waals surface area (Å²) in [5, 5.41) is 11.4. The Morgan fingerprint density at radius 1 is 1.33 bits per heavy atom. The van der Waals surface area contributed by atoms with Crippen LogP contribution in [0.1, 0.15) is 5.56 Å². The van der Waals surface area contributed by atoms with Gasteiger partial charge in [0.2, 0.25) is 0 Å². The monoisotopic (exact) mass is 348 g/mol. The summed E-state index contributed by atoms with van der Waals surface area (Å²) >= 11 is 3.21. The minimum Gasteiger partial charge on any atom is -0.482 e. The van der Waals surface area contributed by atoms with E-state index >= 15 is 0 Å². The highest BCUT2D eigenvalue weighted by molar-refractivity contribution is 9.10. The van der Waals surface area contributed by atoms with Crippen LogP contribution in [-0.2, 0) is 4.79 Å². The minimum atomic E-state index is -0.449. The number of benzene rings is 2. The van der Waals surface area contributed by atoms with Crippen LogP contribution in [0.25, 0.3) is 0 Å². The van der Waals surface area contributed by atoms with Crippen LogP contribution in [0.15, 0.2) is 46.9 Å². The number of nitrogens with zero attached hydrogens (tertiary/aromatic N) is 1. The van der Waals surface area contributed by atoms with Crippen molar-refractivity contribution in [2.24, 2.45) is 0 Å². The topological polar surface area (TPSA) is 62.1 Å². The van der Waals surface area contributed by atoms with Gasteiger partial charge in [0.1, 0.15) is 11.6 Å². The second-order valence-electron chi connectivity index (χ2n) is 4.10. The van der Waals surface area contributed by atoms with Crippen molar-refractivity contribution >= 4 is 27.5 Å². The van der Waals surface area contributed by atoms with Crippen LogP contribution >= 0.6 is 15.9 Å². The number of rotatable bonds is 4. The van der Waals surface area contributed by atoms with Crippen molar-refractivity contribution < 1.29 is 13.9 Å². The Morgan fingerprint density at radius 2 is 2.14 bits per heavy atom. The maximum absolute atomic E-state index is 13.1. The van der Waals surface area contributed by atoms with Gasteiger partial charge in [0, 0.05) is 11.8 Å². The molecule has 0 aliphatic rings. The number of ether oxygens (including phenoxy) is 1. The first-order valence-corrected chi connectivity index (χ1v) is 6.75. The molecule has 2 aromatic rings. The molecule has 0 spiro atoms. The summed E-state index contributed by atoms with van der Waals surface area (Å²) in [5.74, 6) is -0.604. The highest BCUT2D eigenvalue weighted by Crippen LogP contribution is 2.25. The first-order valence-electron chi connectivity index (χ1n) is 5.96. The lowest BCUT2D eigenvalue weighted by Crippen LogP contribution is -2.20. The third-order valence-corrected chi connectivity index (χ3v) is 3.18. The Labute approximate surface area is 129 Å². The molecule has 0 aromatic heterocycles. The van der Waals surface area contributed by atoms with E-state index in [1.807, 2.05) is 6.07 Å². The lowest BCUT2D eigenvalue weighted by Gasteiger charge is -2.09. The summed E-state index contributed by atoms with van der Waals surface area (Å²) in [6, 6.07) is 12.5. The van der Waals surface area contributed by atoms with Gasteiger partial charge in [0.15, 0.2) is 6.61 Å². The maximum atomic E-state index is 13.1. The Morgan fingerprint density at radius 3 is 2.90 bits per heavy atom. The van der Waals surface area contributed by atoms with E-state index in [4.69, 9.17) is 10.00 Å². The van der Waals surface area contributed by atoms with Crippen molar-refractivity contribution in [1.29, 1.82) is 5.26 Å². The molecule has 2 aromatic carbocycles. The molecule has 2 rings (SSSR count). The molecular weight excluding hydrogens is 339 g/mol. The van der Waals surface area contributed by atoms with Gasteiger partial charge < -0.3 is 10.1 Å². The van der Waals surface area contributed by atoms with Crippen molar-refractivity contribution in [3.8, 4) is 11.8 Å². The predicted octanol–water partition coefficient (Wildman–Crippen LogP) is 3.48. The van der Waals surface area contributed by atoms with Crippen LogP contribution in [0.4, 0.5) is 10.1 Å². The summed E-state index contributed by atoms with van der Waals surface area (Å²) in [4.78, 5) is 11.8. The number of nitrogens with one attached hydrogen (secondary N) is 1. The molecule has 0 heterocycles. The number of nitriles is 1. The minimum absolute atomic E-state index is 0.246. The SMILES string of the molecule is N#Cc1cccc(NC(=O)COc2cc(F)ccc2Br)c1. The second-order valence-corrected chi connectivity index (χ2v) is 4.96. The zero-order valence-electron chi connectivity index (χ0n) is 10.8. The molecule has 4 nitrogen and oxygen atoms in total. The van der Waals surface area contributed by atoms with Gasteiger partial charge in [-0.1, -0.05) is 6.07 Å². The number of anilines is 1. The van der Waals surface area contributed by atoms with Gasteiger partial charge in [-0.2, -0.15) is 5.26 Å². The maximum Gasteiger partial charge on any atom is 0.262 e. The molecule has 0 saturated heterocycles. The fraction of sp³-hybridized carbons (Fsp3) is 0.0667. The molecule has 106 valence electrons. The van der Waals surface area contributed by atoms with Gasteiger partial charge in [-0.05, 0) is 46.3 Å². The van der Waals surface area contributed by atoms with E-state index in [1.54, 1.807) is 24.3 Å². The molecule has 0 unspecified atom stereocenters. The average molecular weight is 349 g/mol. The third-order valence-electron chi connectivity index (χ3n) is 2.53. The van der Waals surface area contributed by atoms with E-state index in [0.717, 1.165) is 0 Å². The van der Waals surface area contributed by atoms with E-state index in [-0.39, 0.29) is 12.4 Å². The van der Waals surface area contributed by atoms with Crippen LogP contribution in [-0.4, -0.2) is 12.5 Å². The molecule has 1 N–H and O–H groups in total. The van der Waals surface area contributed by atoms with E-state index in [1.165, 1.54) is 18.2 Å². The van der Waals surface area contributed by atoms with Gasteiger partial charge in [-0.25, -0.2) is 4.39 Å². The summed E-state index contributed by atoms with van der Waals surface area (Å²) in [6.07, 6.45) is 0. The number of amides is 1. The molecule has 1 amide bonds. The zero-order valence-corrected chi connectivity index (χ0v) is 12.4. The van der Waals surface area contributed by atoms with Crippen molar-refractivity contribution in [1.82, 2.24) is 0 Å². The molecule has 0 bridgehead atoms. The first kappa shape index (κ1) is 15.0. The van der Waals surface area contributed by atoms with Crippen molar-refractivity contribution in [2.45, 2.75) is 0 Å². The number of carbonyl (C=O) groups excluding carboxylic acids is 1. The zero-order chi connectivity index (χ0) is 15.2. The van der Waals surface area contributed by atoms with E-state index in [0.29, 0.717) is 15.7 Å². The van der Waals surface area contributed by atoms with Crippen LogP contribution in [0, 0.1) is 17.1 Å². The molecule has 0 radical (unpaired) electrons. The Balaban J connectivity index is 1.96. The van der Waals surface area contributed by atoms with Gasteiger partial charge in [-0.15, -0.1) is 0 Å². The Bertz CT molecular complexity index is 713. The summed E-state index contributed by atoms with van der Waals surface area (Å²) in [7, 11) is 0. The van der Waals surface area contributed by atoms with Gasteiger partial charge in [-0.3, -0.25) is 4.79 Å². The van der Waals surface area contributed by atoms with E-state index < -0.39 is 11.7 Å². The molecule has 0 atom stereocenters. The molecule has 6 heteroatoms. The smallest absolute Gasteiger partial charge is 0.262 e. The number of carbonyl (C=O) groups is 1. The standard InChI is InChI=1S/C15H10BrFN2O2/c16-13-5-4-11(17)7-14(13)21-9-15(20)19-12-3-1-2-10(6-12)8-18/h1-7H,9H2,(H,19,20). The van der Waals surface area contributed by atoms with Gasteiger partial charge >= 0.3 is 0 Å². The third kappa shape index (κ3) is 4.29. The predicted molar refractivity (Wildman–Crippen MR) is 79.4 cm³/mol. The molecular formula is C15H10BrFN2O2. The summed E-state index contributed by atoms with van der Waals surface area (Å²) in [6.45, 7) is -0.265. The van der Waals surface area contributed by atoms with E-state index in [9.17, 15) is 9.18 Å². The first-order chi connectivity index (χ1) is 10.1. The largest absolute Gasteiger partial charge is 0.482 e. The van der Waals surface area contributed by atoms with Gasteiger partial charge in [0.05, 0.1) is 16.1 Å². The highest BCUT2D eigenvalue weighted by Gasteiger charge is 2.07. The van der Waals surface area contributed by atoms with Crippen LogP contribution < -0.4 is 10.1 Å². The van der Waals surface area contributed by atoms with Crippen molar-refractivity contribution in [2.75, 3.05) is 11.9 Å². The second kappa shape index (κ2) is 6.86. The molecule has 0 saturated carbocycles. The van der Waals surface area contributed by atoms with E-state index in [2.05, 4.69) is 21.2 Å². The molecule has 0 aliphatic carbocycles. The highest BCUT2D eigenvalue weighted by atomic mass is 79.9. The Kier molecular flexibility index (Phi) is 4.90. The summed E-state index contributed by atoms with van der Waals surface area (Å²) < 4.78 is 18.9. The number of hydrogen-bond acceptors (Lipinski definition) is 3. The fourth-order valence-corrected chi connectivity index (χ4v) is 1.96. The fourth-order valence-electron chi connectivity index (χ4n) is 1.59.